The fraction of sp³-hybridized carbons (Fsp3) is 0.412. The van der Waals surface area contributed by atoms with Crippen molar-refractivity contribution in [2.75, 3.05) is 31.6 Å². The van der Waals surface area contributed by atoms with E-state index in [1.54, 1.807) is 17.0 Å². The van der Waals surface area contributed by atoms with Gasteiger partial charge in [-0.3, -0.25) is 9.69 Å². The zero-order valence-electron chi connectivity index (χ0n) is 13.7. The molecule has 0 unspecified atom stereocenters. The highest BCUT2D eigenvalue weighted by atomic mass is 35.5. The van der Waals surface area contributed by atoms with Crippen LogP contribution >= 0.6 is 11.6 Å². The van der Waals surface area contributed by atoms with Crippen molar-refractivity contribution < 1.29 is 13.2 Å². The Morgan fingerprint density at radius 1 is 1.16 bits per heavy atom. The average Bonchev–Trinajstić information content (AvgIpc) is 2.91. The molecule has 0 aliphatic carbocycles. The molecule has 1 aromatic heterocycles. The molecule has 25 heavy (non-hydrogen) atoms. The standard InChI is InChI=1S/C17H18ClN3O3S/c1-20-7-8-21(15-10-25(23,24)9-14(15)20)17(22)13-6-5-11-3-2-4-12(18)16(11)19-13/h2-6,14-15H,7-10H2,1H3/t14-,15+/m1/s1. The Morgan fingerprint density at radius 2 is 1.92 bits per heavy atom. The van der Waals surface area contributed by atoms with Crippen molar-refractivity contribution in [3.05, 3.63) is 41.0 Å². The topological polar surface area (TPSA) is 70.6 Å². The van der Waals surface area contributed by atoms with E-state index in [1.807, 2.05) is 30.1 Å². The molecule has 2 aromatic rings. The lowest BCUT2D eigenvalue weighted by molar-refractivity contribution is 0.0405. The minimum atomic E-state index is -3.13. The van der Waals surface area contributed by atoms with Gasteiger partial charge in [0, 0.05) is 24.5 Å². The lowest BCUT2D eigenvalue weighted by Crippen LogP contribution is -2.59. The number of sulfone groups is 1. The third-order valence-corrected chi connectivity index (χ3v) is 7.11. The summed E-state index contributed by atoms with van der Waals surface area (Å²) in [5, 5.41) is 1.36. The number of nitrogens with zero attached hydrogens (tertiary/aromatic N) is 3. The number of carbonyl (C=O) groups excluding carboxylic acids is 1. The molecule has 6 nitrogen and oxygen atoms in total. The first-order chi connectivity index (χ1) is 11.9. The van der Waals surface area contributed by atoms with Gasteiger partial charge in [0.2, 0.25) is 0 Å². The number of aromatic nitrogens is 1. The number of pyridine rings is 1. The summed E-state index contributed by atoms with van der Waals surface area (Å²) in [7, 11) is -1.22. The van der Waals surface area contributed by atoms with Crippen LogP contribution in [0.3, 0.4) is 0 Å². The summed E-state index contributed by atoms with van der Waals surface area (Å²) in [6.07, 6.45) is 0. The van der Waals surface area contributed by atoms with Crippen molar-refractivity contribution in [3.8, 4) is 0 Å². The molecule has 4 rings (SSSR count). The van der Waals surface area contributed by atoms with Crippen LogP contribution in [0.5, 0.6) is 0 Å². The summed E-state index contributed by atoms with van der Waals surface area (Å²) in [5.74, 6) is -0.112. The van der Waals surface area contributed by atoms with Gasteiger partial charge in [-0.15, -0.1) is 0 Å². The van der Waals surface area contributed by atoms with E-state index in [0.717, 1.165) is 5.39 Å². The van der Waals surface area contributed by atoms with Gasteiger partial charge in [0.15, 0.2) is 9.84 Å². The van der Waals surface area contributed by atoms with Crippen LogP contribution in [0.1, 0.15) is 10.5 Å². The van der Waals surface area contributed by atoms with E-state index in [4.69, 9.17) is 11.6 Å². The summed E-state index contributed by atoms with van der Waals surface area (Å²) >= 11 is 6.19. The van der Waals surface area contributed by atoms with Crippen LogP contribution in [0, 0.1) is 0 Å². The Kier molecular flexibility index (Phi) is 3.97. The van der Waals surface area contributed by atoms with Crippen LogP contribution in [-0.2, 0) is 9.84 Å². The minimum absolute atomic E-state index is 0.0160. The summed E-state index contributed by atoms with van der Waals surface area (Å²) in [6.45, 7) is 1.14. The van der Waals surface area contributed by atoms with E-state index in [-0.39, 0.29) is 29.5 Å². The first-order valence-corrected chi connectivity index (χ1v) is 10.3. The SMILES string of the molecule is CN1CCN(C(=O)c2ccc3cccc(Cl)c3n2)[C@H]2CS(=O)(=O)C[C@H]21. The van der Waals surface area contributed by atoms with E-state index in [9.17, 15) is 13.2 Å². The second kappa shape index (κ2) is 5.93. The Balaban J connectivity index is 1.70. The highest BCUT2D eigenvalue weighted by Crippen LogP contribution is 2.28. The monoisotopic (exact) mass is 379 g/mol. The van der Waals surface area contributed by atoms with Gasteiger partial charge < -0.3 is 4.90 Å². The molecule has 0 saturated carbocycles. The van der Waals surface area contributed by atoms with E-state index in [1.165, 1.54) is 0 Å². The number of benzene rings is 1. The van der Waals surface area contributed by atoms with Crippen LogP contribution in [-0.4, -0.2) is 72.8 Å². The zero-order chi connectivity index (χ0) is 17.8. The van der Waals surface area contributed by atoms with Crippen LogP contribution < -0.4 is 0 Å². The Hall–Kier alpha value is -1.70. The fourth-order valence-electron chi connectivity index (χ4n) is 3.76. The molecule has 132 valence electrons. The Labute approximate surface area is 151 Å². The van der Waals surface area contributed by atoms with E-state index in [0.29, 0.717) is 29.3 Å². The maximum atomic E-state index is 13.0. The lowest BCUT2D eigenvalue weighted by Gasteiger charge is -2.42. The van der Waals surface area contributed by atoms with Crippen LogP contribution in [0.4, 0.5) is 0 Å². The molecular weight excluding hydrogens is 362 g/mol. The maximum absolute atomic E-state index is 13.0. The third kappa shape index (κ3) is 2.90. The van der Waals surface area contributed by atoms with E-state index >= 15 is 0 Å². The molecule has 2 atom stereocenters. The van der Waals surface area contributed by atoms with Crippen molar-refractivity contribution >= 4 is 38.2 Å². The number of fused-ring (bicyclic) bond motifs is 2. The number of amides is 1. The molecule has 0 radical (unpaired) electrons. The molecule has 0 spiro atoms. The zero-order valence-corrected chi connectivity index (χ0v) is 15.3. The molecule has 0 bridgehead atoms. The first kappa shape index (κ1) is 16.8. The van der Waals surface area contributed by atoms with Gasteiger partial charge in [-0.05, 0) is 19.2 Å². The number of likely N-dealkylation sites (N-methyl/N-ethyl adjacent to an activating group) is 1. The molecule has 2 aliphatic heterocycles. The van der Waals surface area contributed by atoms with Crippen LogP contribution in [0.25, 0.3) is 10.9 Å². The van der Waals surface area contributed by atoms with Gasteiger partial charge in [0.25, 0.3) is 5.91 Å². The number of hydrogen-bond donors (Lipinski definition) is 0. The summed E-state index contributed by atoms with van der Waals surface area (Å²) in [5.41, 5.74) is 0.882. The normalized spacial score (nSPS) is 25.9. The largest absolute Gasteiger partial charge is 0.330 e. The second-order valence-electron chi connectivity index (χ2n) is 6.70. The smallest absolute Gasteiger partial charge is 0.272 e. The van der Waals surface area contributed by atoms with Crippen LogP contribution in [0.15, 0.2) is 30.3 Å². The van der Waals surface area contributed by atoms with Gasteiger partial charge >= 0.3 is 0 Å². The van der Waals surface area contributed by atoms with Gasteiger partial charge in [0.1, 0.15) is 5.69 Å². The predicted octanol–water partition coefficient (Wildman–Crippen LogP) is 1.44. The quantitative estimate of drug-likeness (QED) is 0.749. The van der Waals surface area contributed by atoms with Crippen molar-refractivity contribution in [1.29, 1.82) is 0 Å². The summed E-state index contributed by atoms with van der Waals surface area (Å²) < 4.78 is 24.1. The number of halogens is 1. The lowest BCUT2D eigenvalue weighted by atomic mass is 10.0. The molecular formula is C17H18ClN3O3S. The first-order valence-electron chi connectivity index (χ1n) is 8.13. The molecule has 1 aromatic carbocycles. The maximum Gasteiger partial charge on any atom is 0.272 e. The van der Waals surface area contributed by atoms with Crippen molar-refractivity contribution in [2.24, 2.45) is 0 Å². The predicted molar refractivity (Wildman–Crippen MR) is 96.6 cm³/mol. The van der Waals surface area contributed by atoms with Gasteiger partial charge in [-0.2, -0.15) is 0 Å². The third-order valence-electron chi connectivity index (χ3n) is 5.10. The number of para-hydroxylation sites is 1. The minimum Gasteiger partial charge on any atom is -0.330 e. The molecule has 3 heterocycles. The molecule has 2 aliphatic rings. The van der Waals surface area contributed by atoms with Crippen molar-refractivity contribution in [2.45, 2.75) is 12.1 Å². The number of rotatable bonds is 1. The highest BCUT2D eigenvalue weighted by molar-refractivity contribution is 7.91. The van der Waals surface area contributed by atoms with Crippen molar-refractivity contribution in [3.63, 3.8) is 0 Å². The number of hydrogen-bond acceptors (Lipinski definition) is 5. The van der Waals surface area contributed by atoms with Crippen LogP contribution in [0.2, 0.25) is 5.02 Å². The van der Waals surface area contributed by atoms with Gasteiger partial charge in [0.05, 0.1) is 28.1 Å². The molecule has 0 N–H and O–H groups in total. The van der Waals surface area contributed by atoms with Gasteiger partial charge in [-0.1, -0.05) is 29.8 Å². The molecule has 8 heteroatoms. The van der Waals surface area contributed by atoms with E-state index < -0.39 is 9.84 Å². The molecule has 2 saturated heterocycles. The molecule has 1 amide bonds. The second-order valence-corrected chi connectivity index (χ2v) is 9.26. The summed E-state index contributed by atoms with van der Waals surface area (Å²) in [4.78, 5) is 21.2. The van der Waals surface area contributed by atoms with E-state index in [2.05, 4.69) is 4.98 Å². The Morgan fingerprint density at radius 3 is 2.72 bits per heavy atom. The average molecular weight is 380 g/mol. The Bertz CT molecular complexity index is 963. The number of piperazine rings is 1. The fourth-order valence-corrected chi connectivity index (χ4v) is 6.04. The number of carbonyl (C=O) groups is 1. The summed E-state index contributed by atoms with van der Waals surface area (Å²) in [6, 6.07) is 8.49. The highest BCUT2D eigenvalue weighted by Gasteiger charge is 2.47. The molecule has 2 fully saturated rings. The van der Waals surface area contributed by atoms with Crippen molar-refractivity contribution in [1.82, 2.24) is 14.8 Å². The van der Waals surface area contributed by atoms with Gasteiger partial charge in [-0.25, -0.2) is 13.4 Å².